The number of hydrogen-bond donors (Lipinski definition) is 0. The molecular formula is C13H11F3N2O3S. The summed E-state index contributed by atoms with van der Waals surface area (Å²) in [6.07, 6.45) is -3.41. The van der Waals surface area contributed by atoms with Crippen LogP contribution in [0.5, 0.6) is 0 Å². The Morgan fingerprint density at radius 2 is 2.14 bits per heavy atom. The van der Waals surface area contributed by atoms with E-state index in [9.17, 15) is 22.8 Å². The Kier molecular flexibility index (Phi) is 4.36. The van der Waals surface area contributed by atoms with Crippen molar-refractivity contribution in [3.8, 4) is 11.3 Å². The number of ether oxygens (including phenoxy) is 1. The molecule has 0 saturated heterocycles. The second kappa shape index (κ2) is 5.91. The maximum absolute atomic E-state index is 13.3. The Labute approximate surface area is 127 Å². The highest BCUT2D eigenvalue weighted by Gasteiger charge is 2.42. The van der Waals surface area contributed by atoms with Crippen LogP contribution in [0.15, 0.2) is 23.1 Å². The smallest absolute Gasteiger partial charge is 0.420 e. The summed E-state index contributed by atoms with van der Waals surface area (Å²) in [5.41, 5.74) is -2.64. The van der Waals surface area contributed by atoms with Crippen molar-refractivity contribution in [2.45, 2.75) is 13.1 Å². The molecule has 2 heterocycles. The van der Waals surface area contributed by atoms with Gasteiger partial charge in [0.2, 0.25) is 0 Å². The topological polar surface area (TPSA) is 61.2 Å². The summed E-state index contributed by atoms with van der Waals surface area (Å²) >= 11 is 0.368. The highest BCUT2D eigenvalue weighted by Crippen LogP contribution is 2.40. The molecule has 0 radical (unpaired) electrons. The molecule has 0 spiro atoms. The molecule has 0 atom stereocenters. The van der Waals surface area contributed by atoms with Crippen LogP contribution in [-0.2, 0) is 18.0 Å². The van der Waals surface area contributed by atoms with Crippen molar-refractivity contribution < 1.29 is 22.7 Å². The SMILES string of the molecule is CCOC(=O)c1snc(-c2cccn(C)c2=O)c1C(F)(F)F. The van der Waals surface area contributed by atoms with Gasteiger partial charge in [0.1, 0.15) is 16.1 Å². The molecule has 0 aliphatic rings. The van der Waals surface area contributed by atoms with Crippen LogP contribution in [0.3, 0.4) is 0 Å². The van der Waals surface area contributed by atoms with Gasteiger partial charge < -0.3 is 9.30 Å². The standard InChI is InChI=1S/C13H11F3N2O3S/c1-3-21-12(20)10-8(13(14,15)16)9(17-22-10)7-5-4-6-18(2)11(7)19/h4-6H,3H2,1-2H3. The second-order valence-electron chi connectivity index (χ2n) is 4.29. The fourth-order valence-corrected chi connectivity index (χ4v) is 2.66. The number of alkyl halides is 3. The number of halogens is 3. The predicted octanol–water partition coefficient (Wildman–Crippen LogP) is 2.70. The highest BCUT2D eigenvalue weighted by atomic mass is 32.1. The minimum Gasteiger partial charge on any atom is -0.462 e. The Morgan fingerprint density at radius 1 is 1.45 bits per heavy atom. The van der Waals surface area contributed by atoms with Crippen molar-refractivity contribution in [1.29, 1.82) is 0 Å². The predicted molar refractivity (Wildman–Crippen MR) is 73.7 cm³/mol. The first kappa shape index (κ1) is 16.2. The molecule has 0 aliphatic heterocycles. The summed E-state index contributed by atoms with van der Waals surface area (Å²) in [6.45, 7) is 1.43. The van der Waals surface area contributed by atoms with Crippen LogP contribution in [0.4, 0.5) is 13.2 Å². The first-order chi connectivity index (χ1) is 10.3. The molecule has 0 saturated carbocycles. The third-order valence-electron chi connectivity index (χ3n) is 2.81. The number of carbonyl (C=O) groups excluding carboxylic acids is 1. The molecule has 22 heavy (non-hydrogen) atoms. The number of aryl methyl sites for hydroxylation is 1. The summed E-state index contributed by atoms with van der Waals surface area (Å²) < 4.78 is 49.4. The number of esters is 1. The minimum absolute atomic E-state index is 0.0591. The van der Waals surface area contributed by atoms with Gasteiger partial charge >= 0.3 is 12.1 Å². The summed E-state index contributed by atoms with van der Waals surface area (Å²) in [4.78, 5) is 23.0. The first-order valence-electron chi connectivity index (χ1n) is 6.17. The first-order valence-corrected chi connectivity index (χ1v) is 6.94. The lowest BCUT2D eigenvalue weighted by Gasteiger charge is -2.09. The summed E-state index contributed by atoms with van der Waals surface area (Å²) in [5, 5.41) is 0. The van der Waals surface area contributed by atoms with Crippen molar-refractivity contribution in [2.24, 2.45) is 7.05 Å². The molecule has 0 aliphatic carbocycles. The third-order valence-corrected chi connectivity index (χ3v) is 3.64. The molecule has 0 amide bonds. The van der Waals surface area contributed by atoms with Gasteiger partial charge in [-0.1, -0.05) is 0 Å². The van der Waals surface area contributed by atoms with Gasteiger partial charge in [-0.15, -0.1) is 0 Å². The van der Waals surface area contributed by atoms with Crippen molar-refractivity contribution in [3.63, 3.8) is 0 Å². The van der Waals surface area contributed by atoms with Gasteiger partial charge in [-0.2, -0.15) is 17.5 Å². The lowest BCUT2D eigenvalue weighted by Crippen LogP contribution is -2.20. The van der Waals surface area contributed by atoms with Crippen LogP contribution in [0.25, 0.3) is 11.3 Å². The Morgan fingerprint density at radius 3 is 2.73 bits per heavy atom. The van der Waals surface area contributed by atoms with Gasteiger partial charge in [-0.05, 0) is 30.6 Å². The van der Waals surface area contributed by atoms with E-state index in [0.717, 1.165) is 4.57 Å². The van der Waals surface area contributed by atoms with E-state index in [1.807, 2.05) is 0 Å². The van der Waals surface area contributed by atoms with E-state index in [2.05, 4.69) is 9.11 Å². The number of nitrogens with zero attached hydrogens (tertiary/aromatic N) is 2. The lowest BCUT2D eigenvalue weighted by molar-refractivity contribution is -0.137. The Hall–Kier alpha value is -2.16. The van der Waals surface area contributed by atoms with Crippen LogP contribution in [0.2, 0.25) is 0 Å². The molecule has 0 unspecified atom stereocenters. The lowest BCUT2D eigenvalue weighted by atomic mass is 10.1. The van der Waals surface area contributed by atoms with E-state index < -0.39 is 33.8 Å². The second-order valence-corrected chi connectivity index (χ2v) is 5.06. The van der Waals surface area contributed by atoms with Crippen molar-refractivity contribution >= 4 is 17.5 Å². The largest absolute Gasteiger partial charge is 0.462 e. The molecule has 118 valence electrons. The zero-order valence-electron chi connectivity index (χ0n) is 11.6. The quantitative estimate of drug-likeness (QED) is 0.811. The van der Waals surface area contributed by atoms with Crippen LogP contribution < -0.4 is 5.56 Å². The van der Waals surface area contributed by atoms with Gasteiger partial charge in [0.25, 0.3) is 5.56 Å². The van der Waals surface area contributed by atoms with E-state index in [0.29, 0.717) is 11.5 Å². The molecule has 5 nitrogen and oxygen atoms in total. The van der Waals surface area contributed by atoms with Crippen molar-refractivity contribution in [1.82, 2.24) is 8.94 Å². The zero-order chi connectivity index (χ0) is 16.5. The molecule has 2 rings (SSSR count). The summed E-state index contributed by atoms with van der Waals surface area (Å²) in [6, 6.07) is 2.67. The summed E-state index contributed by atoms with van der Waals surface area (Å²) in [5.74, 6) is -1.11. The molecular weight excluding hydrogens is 321 g/mol. The maximum Gasteiger partial charge on any atom is 0.420 e. The molecule has 0 N–H and O–H groups in total. The van der Waals surface area contributed by atoms with Gasteiger partial charge in [-0.25, -0.2) is 4.79 Å². The number of carbonyl (C=O) groups is 1. The summed E-state index contributed by atoms with van der Waals surface area (Å²) in [7, 11) is 1.41. The number of hydrogen-bond acceptors (Lipinski definition) is 5. The molecule has 0 fully saturated rings. The highest BCUT2D eigenvalue weighted by molar-refractivity contribution is 7.08. The number of pyridine rings is 1. The average molecular weight is 332 g/mol. The number of aromatic nitrogens is 2. The van der Waals surface area contributed by atoms with E-state index in [-0.39, 0.29) is 12.2 Å². The van der Waals surface area contributed by atoms with Crippen LogP contribution in [0, 0.1) is 0 Å². The van der Waals surface area contributed by atoms with Crippen molar-refractivity contribution in [3.05, 3.63) is 39.1 Å². The fraction of sp³-hybridized carbons (Fsp3) is 0.308. The van der Waals surface area contributed by atoms with Gasteiger partial charge in [0.05, 0.1) is 12.2 Å². The van der Waals surface area contributed by atoms with E-state index in [1.54, 1.807) is 0 Å². The van der Waals surface area contributed by atoms with E-state index >= 15 is 0 Å². The minimum atomic E-state index is -4.83. The maximum atomic E-state index is 13.3. The van der Waals surface area contributed by atoms with E-state index in [4.69, 9.17) is 0 Å². The average Bonchev–Trinajstić information content (AvgIpc) is 2.87. The fourth-order valence-electron chi connectivity index (χ4n) is 1.85. The van der Waals surface area contributed by atoms with Crippen LogP contribution in [-0.4, -0.2) is 21.5 Å². The molecule has 0 bridgehead atoms. The normalized spacial score (nSPS) is 11.5. The van der Waals surface area contributed by atoms with Crippen molar-refractivity contribution in [2.75, 3.05) is 6.61 Å². The third kappa shape index (κ3) is 2.89. The monoisotopic (exact) mass is 332 g/mol. The molecule has 2 aromatic heterocycles. The van der Waals surface area contributed by atoms with Gasteiger partial charge in [-0.3, -0.25) is 4.79 Å². The Bertz CT molecular complexity index is 765. The zero-order valence-corrected chi connectivity index (χ0v) is 12.4. The molecule has 0 aromatic carbocycles. The number of rotatable bonds is 3. The molecule has 9 heteroatoms. The Balaban J connectivity index is 2.70. The van der Waals surface area contributed by atoms with E-state index in [1.165, 1.54) is 32.3 Å². The van der Waals surface area contributed by atoms with Crippen LogP contribution >= 0.6 is 11.5 Å². The van der Waals surface area contributed by atoms with Gasteiger partial charge in [0.15, 0.2) is 0 Å². The van der Waals surface area contributed by atoms with Gasteiger partial charge in [0, 0.05) is 13.2 Å². The molecule has 2 aromatic rings. The van der Waals surface area contributed by atoms with Crippen LogP contribution in [0.1, 0.15) is 22.2 Å².